The smallest absolute Gasteiger partial charge is 0.255 e. The lowest BCUT2D eigenvalue weighted by atomic mass is 10.2. The third-order valence-corrected chi connectivity index (χ3v) is 3.30. The van der Waals surface area contributed by atoms with Crippen molar-refractivity contribution in [2.45, 2.75) is 0 Å². The van der Waals surface area contributed by atoms with Crippen molar-refractivity contribution in [2.75, 3.05) is 5.32 Å². The molecule has 0 aliphatic heterocycles. The lowest BCUT2D eigenvalue weighted by Crippen LogP contribution is -2.12. The topological polar surface area (TPSA) is 29.1 Å². The fourth-order valence-corrected chi connectivity index (χ4v) is 1.97. The minimum Gasteiger partial charge on any atom is -0.321 e. The van der Waals surface area contributed by atoms with E-state index in [0.717, 1.165) is 12.1 Å². The highest BCUT2D eigenvalue weighted by atomic mass is 79.9. The Balaban J connectivity index is 2.25. The molecule has 0 aromatic heterocycles. The van der Waals surface area contributed by atoms with Crippen LogP contribution in [-0.2, 0) is 0 Å². The van der Waals surface area contributed by atoms with Gasteiger partial charge in [0.05, 0.1) is 15.2 Å². The molecule has 0 aliphatic carbocycles. The van der Waals surface area contributed by atoms with E-state index < -0.39 is 17.5 Å². The van der Waals surface area contributed by atoms with E-state index in [0.29, 0.717) is 0 Å². The van der Waals surface area contributed by atoms with Gasteiger partial charge in [-0.15, -0.1) is 0 Å². The summed E-state index contributed by atoms with van der Waals surface area (Å²) in [5.41, 5.74) is 0.390. The van der Waals surface area contributed by atoms with Crippen LogP contribution in [0.2, 0.25) is 5.02 Å². The van der Waals surface area contributed by atoms with E-state index in [1.807, 2.05) is 0 Å². The lowest BCUT2D eigenvalue weighted by Gasteiger charge is -2.07. The van der Waals surface area contributed by atoms with Gasteiger partial charge in [0.1, 0.15) is 11.6 Å². The molecule has 1 amide bonds. The van der Waals surface area contributed by atoms with Crippen molar-refractivity contribution >= 4 is 39.1 Å². The van der Waals surface area contributed by atoms with E-state index in [-0.39, 0.29) is 20.7 Å². The molecular weight excluding hydrogens is 340 g/mol. The van der Waals surface area contributed by atoms with Crippen LogP contribution in [-0.4, -0.2) is 5.91 Å². The Morgan fingerprint density at radius 2 is 1.89 bits per heavy atom. The SMILES string of the molecule is O=C(Nc1cc(F)ccc1Cl)c1ccc(F)c(Br)c1. The van der Waals surface area contributed by atoms with E-state index in [1.54, 1.807) is 0 Å². The summed E-state index contributed by atoms with van der Waals surface area (Å²) in [6.07, 6.45) is 0. The van der Waals surface area contributed by atoms with Crippen molar-refractivity contribution in [2.24, 2.45) is 0 Å². The number of carbonyl (C=O) groups excluding carboxylic acids is 1. The Morgan fingerprint density at radius 1 is 1.16 bits per heavy atom. The molecule has 0 unspecified atom stereocenters. The molecule has 0 radical (unpaired) electrons. The first kappa shape index (κ1) is 14.0. The predicted octanol–water partition coefficient (Wildman–Crippen LogP) is 4.63. The molecule has 0 heterocycles. The second-order valence-electron chi connectivity index (χ2n) is 3.71. The van der Waals surface area contributed by atoms with Crippen LogP contribution in [0.25, 0.3) is 0 Å². The maximum atomic E-state index is 13.1. The van der Waals surface area contributed by atoms with Crippen LogP contribution >= 0.6 is 27.5 Å². The average Bonchev–Trinajstić information content (AvgIpc) is 2.37. The van der Waals surface area contributed by atoms with Crippen LogP contribution < -0.4 is 5.32 Å². The molecule has 0 saturated carbocycles. The number of carbonyl (C=O) groups is 1. The first-order valence-electron chi connectivity index (χ1n) is 5.19. The van der Waals surface area contributed by atoms with Crippen LogP contribution in [0.15, 0.2) is 40.9 Å². The quantitative estimate of drug-likeness (QED) is 0.844. The first-order valence-corrected chi connectivity index (χ1v) is 6.36. The number of amides is 1. The fraction of sp³-hybridized carbons (Fsp3) is 0. The lowest BCUT2D eigenvalue weighted by molar-refractivity contribution is 0.102. The van der Waals surface area contributed by atoms with Crippen molar-refractivity contribution in [3.8, 4) is 0 Å². The number of hydrogen-bond acceptors (Lipinski definition) is 1. The van der Waals surface area contributed by atoms with Gasteiger partial charge in [-0.3, -0.25) is 4.79 Å². The third kappa shape index (κ3) is 3.30. The molecule has 0 spiro atoms. The van der Waals surface area contributed by atoms with E-state index in [1.165, 1.54) is 24.3 Å². The second-order valence-corrected chi connectivity index (χ2v) is 4.97. The average molecular weight is 347 g/mol. The molecular formula is C13H7BrClF2NO. The number of anilines is 1. The minimum absolute atomic E-state index is 0.159. The molecule has 6 heteroatoms. The summed E-state index contributed by atoms with van der Waals surface area (Å²) in [6.45, 7) is 0. The normalized spacial score (nSPS) is 10.3. The molecule has 98 valence electrons. The molecule has 0 bridgehead atoms. The summed E-state index contributed by atoms with van der Waals surface area (Å²) in [7, 11) is 0. The van der Waals surface area contributed by atoms with Crippen molar-refractivity contribution < 1.29 is 13.6 Å². The van der Waals surface area contributed by atoms with Gasteiger partial charge in [-0.1, -0.05) is 11.6 Å². The summed E-state index contributed by atoms with van der Waals surface area (Å²) < 4.78 is 26.3. The Labute approximate surface area is 121 Å². The summed E-state index contributed by atoms with van der Waals surface area (Å²) in [5, 5.41) is 2.68. The monoisotopic (exact) mass is 345 g/mol. The largest absolute Gasteiger partial charge is 0.321 e. The van der Waals surface area contributed by atoms with Gasteiger partial charge in [-0.2, -0.15) is 0 Å². The van der Waals surface area contributed by atoms with Crippen LogP contribution in [0.4, 0.5) is 14.5 Å². The molecule has 0 atom stereocenters. The third-order valence-electron chi connectivity index (χ3n) is 2.36. The van der Waals surface area contributed by atoms with E-state index >= 15 is 0 Å². The molecule has 1 N–H and O–H groups in total. The highest BCUT2D eigenvalue weighted by Gasteiger charge is 2.11. The summed E-state index contributed by atoms with van der Waals surface area (Å²) >= 11 is 8.82. The Kier molecular flexibility index (Phi) is 4.17. The predicted molar refractivity (Wildman–Crippen MR) is 73.5 cm³/mol. The van der Waals surface area contributed by atoms with Gasteiger partial charge in [0.25, 0.3) is 5.91 Å². The van der Waals surface area contributed by atoms with Gasteiger partial charge in [0, 0.05) is 5.56 Å². The molecule has 2 rings (SSSR count). The van der Waals surface area contributed by atoms with Crippen molar-refractivity contribution in [3.05, 3.63) is 63.1 Å². The highest BCUT2D eigenvalue weighted by molar-refractivity contribution is 9.10. The summed E-state index contributed by atoms with van der Waals surface area (Å²) in [5.74, 6) is -1.49. The molecule has 0 aliphatic rings. The number of benzene rings is 2. The van der Waals surface area contributed by atoms with Gasteiger partial charge in [-0.25, -0.2) is 8.78 Å². The van der Waals surface area contributed by atoms with Gasteiger partial charge >= 0.3 is 0 Å². The van der Waals surface area contributed by atoms with Crippen LogP contribution in [0.1, 0.15) is 10.4 Å². The maximum Gasteiger partial charge on any atom is 0.255 e. The van der Waals surface area contributed by atoms with Gasteiger partial charge in [-0.05, 0) is 52.3 Å². The van der Waals surface area contributed by atoms with E-state index in [2.05, 4.69) is 21.2 Å². The van der Waals surface area contributed by atoms with E-state index in [9.17, 15) is 13.6 Å². The fourth-order valence-electron chi connectivity index (χ4n) is 1.43. The number of nitrogens with one attached hydrogen (secondary N) is 1. The zero-order valence-electron chi connectivity index (χ0n) is 9.38. The van der Waals surface area contributed by atoms with Crippen molar-refractivity contribution in [3.63, 3.8) is 0 Å². The first-order chi connectivity index (χ1) is 8.97. The molecule has 2 aromatic carbocycles. The molecule has 0 saturated heterocycles. The van der Waals surface area contributed by atoms with Crippen LogP contribution in [0.3, 0.4) is 0 Å². The van der Waals surface area contributed by atoms with Gasteiger partial charge in [0.2, 0.25) is 0 Å². The van der Waals surface area contributed by atoms with Gasteiger partial charge in [0.15, 0.2) is 0 Å². The maximum absolute atomic E-state index is 13.1. The number of halogens is 4. The van der Waals surface area contributed by atoms with Crippen LogP contribution in [0.5, 0.6) is 0 Å². The number of rotatable bonds is 2. The molecule has 2 nitrogen and oxygen atoms in total. The van der Waals surface area contributed by atoms with Crippen LogP contribution in [0, 0.1) is 11.6 Å². The molecule has 0 fully saturated rings. The van der Waals surface area contributed by atoms with Gasteiger partial charge < -0.3 is 5.32 Å². The van der Waals surface area contributed by atoms with Crippen molar-refractivity contribution in [1.29, 1.82) is 0 Å². The standard InChI is InChI=1S/C13H7BrClF2NO/c14-9-5-7(1-4-11(9)17)13(19)18-12-6-8(16)2-3-10(12)15/h1-6H,(H,18,19). The zero-order chi connectivity index (χ0) is 14.0. The Hall–Kier alpha value is -1.46. The number of hydrogen-bond donors (Lipinski definition) is 1. The minimum atomic E-state index is -0.514. The second kappa shape index (κ2) is 5.67. The summed E-state index contributed by atoms with van der Waals surface area (Å²) in [6, 6.07) is 7.45. The molecule has 19 heavy (non-hydrogen) atoms. The highest BCUT2D eigenvalue weighted by Crippen LogP contribution is 2.24. The zero-order valence-corrected chi connectivity index (χ0v) is 11.7. The Bertz CT molecular complexity index is 649. The van der Waals surface area contributed by atoms with Crippen molar-refractivity contribution in [1.82, 2.24) is 0 Å². The van der Waals surface area contributed by atoms with E-state index in [4.69, 9.17) is 11.6 Å². The Morgan fingerprint density at radius 3 is 2.58 bits per heavy atom. The molecule has 2 aromatic rings. The summed E-state index contributed by atoms with van der Waals surface area (Å²) in [4.78, 5) is 11.9.